The first-order valence-electron chi connectivity index (χ1n) is 15.7. The first kappa shape index (κ1) is 39.7. The van der Waals surface area contributed by atoms with Crippen molar-refractivity contribution in [3.05, 3.63) is 57.7 Å². The van der Waals surface area contributed by atoms with E-state index in [0.29, 0.717) is 5.57 Å². The second-order valence-electron chi connectivity index (χ2n) is 13.9. The van der Waals surface area contributed by atoms with Gasteiger partial charge in [-0.15, -0.1) is 6.42 Å². The first-order chi connectivity index (χ1) is 23.3. The van der Waals surface area contributed by atoms with Gasteiger partial charge in [-0.2, -0.15) is 5.26 Å². The van der Waals surface area contributed by atoms with E-state index in [1.54, 1.807) is 26.8 Å². The Hall–Kier alpha value is -4.69. The molecule has 50 heavy (non-hydrogen) atoms. The molecule has 14 heteroatoms. The Morgan fingerprint density at radius 3 is 1.82 bits per heavy atom. The van der Waals surface area contributed by atoms with Gasteiger partial charge < -0.3 is 19.1 Å². The van der Waals surface area contributed by atoms with Gasteiger partial charge in [0.05, 0.1) is 42.2 Å². The summed E-state index contributed by atoms with van der Waals surface area (Å²) in [5, 5.41) is 8.83. The van der Waals surface area contributed by atoms with E-state index in [1.807, 2.05) is 33.8 Å². The highest BCUT2D eigenvalue weighted by Crippen LogP contribution is 2.60. The molecule has 3 unspecified atom stereocenters. The van der Waals surface area contributed by atoms with E-state index in [1.165, 1.54) is 4.90 Å². The highest BCUT2D eigenvalue weighted by molar-refractivity contribution is 6.02. The molecule has 0 N–H and O–H groups in total. The number of carbonyl (C=O) groups is 4. The van der Waals surface area contributed by atoms with Crippen molar-refractivity contribution in [3.8, 4) is 18.4 Å². The molecule has 3 fully saturated rings. The number of allylic oxidation sites excluding steroid dienone is 4. The third-order valence-corrected chi connectivity index (χ3v) is 9.29. The van der Waals surface area contributed by atoms with E-state index in [4.69, 9.17) is 21.2 Å². The van der Waals surface area contributed by atoms with Gasteiger partial charge >= 0.3 is 18.0 Å². The molecule has 270 valence electrons. The lowest BCUT2D eigenvalue weighted by molar-refractivity contribution is -0.151. The van der Waals surface area contributed by atoms with Gasteiger partial charge in [-0.1, -0.05) is 51.3 Å². The van der Waals surface area contributed by atoms with Crippen LogP contribution in [0.4, 0.5) is 22.4 Å². The van der Waals surface area contributed by atoms with Gasteiger partial charge in [0.1, 0.15) is 13.2 Å². The Balaban J connectivity index is 0.000000274. The normalized spacial score (nSPS) is 22.9. The predicted octanol–water partition coefficient (Wildman–Crippen LogP) is 5.80. The number of urea groups is 1. The second-order valence-corrected chi connectivity index (χ2v) is 13.9. The summed E-state index contributed by atoms with van der Waals surface area (Å²) in [6, 6.07) is 1.43. The van der Waals surface area contributed by atoms with Crippen molar-refractivity contribution in [3.63, 3.8) is 0 Å². The summed E-state index contributed by atoms with van der Waals surface area (Å²) >= 11 is 0. The Labute approximate surface area is 289 Å². The number of benzene rings is 1. The molecule has 1 saturated heterocycles. The minimum absolute atomic E-state index is 0.0628. The highest BCUT2D eigenvalue weighted by Gasteiger charge is 2.62. The molecule has 1 aromatic carbocycles. The van der Waals surface area contributed by atoms with Crippen molar-refractivity contribution < 1.29 is 51.0 Å². The van der Waals surface area contributed by atoms with Crippen molar-refractivity contribution in [1.82, 2.24) is 9.80 Å². The maximum atomic E-state index is 14.1. The lowest BCUT2D eigenvalue weighted by atomic mass is 10.1. The zero-order valence-corrected chi connectivity index (χ0v) is 29.3. The quantitative estimate of drug-likeness (QED) is 0.0539. The molecule has 2 aliphatic carbocycles. The first-order valence-corrected chi connectivity index (χ1v) is 15.7. The molecule has 0 radical (unpaired) electrons. The number of imide groups is 1. The van der Waals surface area contributed by atoms with E-state index in [2.05, 4.69) is 16.7 Å². The largest absolute Gasteiger partial charge is 0.460 e. The highest BCUT2D eigenvalue weighted by atomic mass is 19.2. The number of carbonyl (C=O) groups excluding carboxylic acids is 4. The lowest BCUT2D eigenvalue weighted by Crippen LogP contribution is -2.36. The fourth-order valence-electron chi connectivity index (χ4n) is 6.07. The Morgan fingerprint density at radius 2 is 1.36 bits per heavy atom. The van der Waals surface area contributed by atoms with Crippen LogP contribution >= 0.6 is 0 Å². The lowest BCUT2D eigenvalue weighted by Gasteiger charge is -2.15. The Kier molecular flexibility index (Phi) is 12.3. The van der Waals surface area contributed by atoms with Gasteiger partial charge in [0, 0.05) is 12.7 Å². The topological polar surface area (TPSA) is 126 Å². The molecular formula is C36H41F4N3O7. The number of rotatable bonds is 11. The minimum atomic E-state index is -1.62. The van der Waals surface area contributed by atoms with Gasteiger partial charge in [-0.25, -0.2) is 27.3 Å². The van der Waals surface area contributed by atoms with Crippen LogP contribution in [0.25, 0.3) is 0 Å². The molecule has 2 saturated carbocycles. The molecule has 3 amide bonds. The van der Waals surface area contributed by atoms with Gasteiger partial charge in [0.15, 0.2) is 30.0 Å². The summed E-state index contributed by atoms with van der Waals surface area (Å²) in [5.41, 5.74) is -0.958. The molecule has 1 aliphatic heterocycles. The monoisotopic (exact) mass is 703 g/mol. The number of hydrogen-bond acceptors (Lipinski definition) is 8. The molecule has 4 rings (SSSR count). The number of amides is 3. The SMILES string of the molecule is C#CCN1CC(=O)N(COC(=O)[C@@H]2C(C=C(C)C)C2(C)C)C1=O.COCc1c(F)c(F)c(COC(=O)C2C(/C=C(/C)C#N)C2(C)C)c(F)c1F. The third kappa shape index (κ3) is 8.19. The average molecular weight is 704 g/mol. The standard InChI is InChI=1S/C19H19F4NO3.C17H22N2O4/c1-9(6-24)5-12-13(19(12,2)3)18(25)27-8-11-16(22)14(20)10(7-26-4)15(21)17(11)23;1-6-7-18-9-13(20)19(16(18)22)10-23-15(21)14-12(8-11(2)3)17(14,4)5/h5,12-13H,7-8H2,1-4H3;1,8,12,14H,7,9-10H2,2-5H3/b9-5-;/t;12?,14-/m.0/s1. The summed E-state index contributed by atoms with van der Waals surface area (Å²) in [6.45, 7) is 11.2. The predicted molar refractivity (Wildman–Crippen MR) is 171 cm³/mol. The number of esters is 2. The molecule has 10 nitrogen and oxygen atoms in total. The van der Waals surface area contributed by atoms with Crippen molar-refractivity contribution in [2.75, 3.05) is 26.9 Å². The van der Waals surface area contributed by atoms with Crippen molar-refractivity contribution in [1.29, 1.82) is 5.26 Å². The smallest absolute Gasteiger partial charge is 0.330 e. The van der Waals surface area contributed by atoms with Gasteiger partial charge in [-0.3, -0.25) is 14.4 Å². The molecule has 0 spiro atoms. The summed E-state index contributed by atoms with van der Waals surface area (Å²) < 4.78 is 70.6. The fourth-order valence-corrected chi connectivity index (χ4v) is 6.07. The Morgan fingerprint density at radius 1 is 0.880 bits per heavy atom. The zero-order valence-electron chi connectivity index (χ0n) is 29.3. The molecule has 4 atom stereocenters. The van der Waals surface area contributed by atoms with Gasteiger partial charge in [0.2, 0.25) is 0 Å². The van der Waals surface area contributed by atoms with Crippen LogP contribution in [0.3, 0.4) is 0 Å². The molecule has 3 aliphatic rings. The summed E-state index contributed by atoms with van der Waals surface area (Å²) in [4.78, 5) is 50.4. The van der Waals surface area contributed by atoms with E-state index in [0.717, 1.165) is 17.6 Å². The van der Waals surface area contributed by atoms with Crippen molar-refractivity contribution >= 4 is 23.9 Å². The number of halogens is 4. The summed E-state index contributed by atoms with van der Waals surface area (Å²) in [6.07, 6.45) is 8.85. The molecule has 0 bridgehead atoms. The van der Waals surface area contributed by atoms with Gasteiger partial charge in [-0.05, 0) is 43.4 Å². The number of hydrogen-bond donors (Lipinski definition) is 0. The second kappa shape index (κ2) is 15.5. The van der Waals surface area contributed by atoms with E-state index in [-0.39, 0.29) is 49.0 Å². The van der Waals surface area contributed by atoms with Crippen LogP contribution < -0.4 is 0 Å². The average Bonchev–Trinajstić information content (AvgIpc) is 3.75. The summed E-state index contributed by atoms with van der Waals surface area (Å²) in [5.74, 6) is -6.64. The number of ether oxygens (including phenoxy) is 3. The summed E-state index contributed by atoms with van der Waals surface area (Å²) in [7, 11) is 1.13. The molecule has 1 aromatic rings. The van der Waals surface area contributed by atoms with E-state index >= 15 is 0 Å². The maximum absolute atomic E-state index is 14.1. The number of terminal acetylenes is 1. The maximum Gasteiger partial charge on any atom is 0.330 e. The Bertz CT molecular complexity index is 1670. The molecule has 0 aromatic heterocycles. The van der Waals surface area contributed by atoms with Crippen LogP contribution in [0.1, 0.15) is 59.6 Å². The van der Waals surface area contributed by atoms with Crippen molar-refractivity contribution in [2.45, 2.75) is 61.7 Å². The van der Waals surface area contributed by atoms with Crippen LogP contribution in [0.2, 0.25) is 0 Å². The third-order valence-electron chi connectivity index (χ3n) is 9.29. The van der Waals surface area contributed by atoms with Crippen LogP contribution in [0.15, 0.2) is 23.3 Å². The fraction of sp³-hybridized carbons (Fsp3) is 0.528. The van der Waals surface area contributed by atoms with Crippen molar-refractivity contribution in [2.24, 2.45) is 34.5 Å². The minimum Gasteiger partial charge on any atom is -0.460 e. The number of methoxy groups -OCH3 is 1. The zero-order chi connectivity index (χ0) is 37.9. The van der Waals surface area contributed by atoms with E-state index in [9.17, 15) is 36.7 Å². The van der Waals surface area contributed by atoms with Crippen LogP contribution in [-0.4, -0.2) is 60.6 Å². The molecular weight excluding hydrogens is 662 g/mol. The number of nitrogens with zero attached hydrogens (tertiary/aromatic N) is 3. The van der Waals surface area contributed by atoms with Gasteiger partial charge in [0.25, 0.3) is 5.91 Å². The van der Waals surface area contributed by atoms with Crippen LogP contribution in [0.5, 0.6) is 0 Å². The van der Waals surface area contributed by atoms with Crippen LogP contribution in [-0.2, 0) is 41.8 Å². The van der Waals surface area contributed by atoms with Crippen LogP contribution in [0, 0.1) is 81.4 Å². The van der Waals surface area contributed by atoms with E-state index < -0.39 is 76.9 Å². The molecule has 1 heterocycles. The number of nitriles is 1.